The minimum atomic E-state index is 0.102. The van der Waals surface area contributed by atoms with Crippen molar-refractivity contribution in [3.05, 3.63) is 0 Å². The van der Waals surface area contributed by atoms with Gasteiger partial charge >= 0.3 is 0 Å². The first kappa shape index (κ1) is 14.3. The average molecular weight is 212 g/mol. The van der Waals surface area contributed by atoms with Gasteiger partial charge in [0, 0.05) is 24.2 Å². The van der Waals surface area contributed by atoms with Crippen molar-refractivity contribution in [1.29, 1.82) is 0 Å². The third-order valence-corrected chi connectivity index (χ3v) is 2.76. The zero-order chi connectivity index (χ0) is 12.0. The summed E-state index contributed by atoms with van der Waals surface area (Å²) < 4.78 is 0. The number of ketones is 2. The first-order chi connectivity index (χ1) is 6.86. The second-order valence-corrected chi connectivity index (χ2v) is 4.97. The molecule has 0 aliphatic rings. The van der Waals surface area contributed by atoms with Crippen molar-refractivity contribution in [3.63, 3.8) is 0 Å². The monoisotopic (exact) mass is 212 g/mol. The van der Waals surface area contributed by atoms with Crippen LogP contribution in [0.3, 0.4) is 0 Å². The van der Waals surface area contributed by atoms with Crippen LogP contribution in [0.4, 0.5) is 0 Å². The minimum absolute atomic E-state index is 0.102. The van der Waals surface area contributed by atoms with Gasteiger partial charge in [-0.15, -0.1) is 0 Å². The molecule has 2 nitrogen and oxygen atoms in total. The van der Waals surface area contributed by atoms with Crippen LogP contribution < -0.4 is 0 Å². The number of hydrogen-bond donors (Lipinski definition) is 0. The largest absolute Gasteiger partial charge is 0.299 e. The minimum Gasteiger partial charge on any atom is -0.299 e. The number of carbonyl (C=O) groups excluding carboxylic acids is 2. The fourth-order valence-electron chi connectivity index (χ4n) is 1.58. The van der Waals surface area contributed by atoms with Crippen molar-refractivity contribution in [2.75, 3.05) is 0 Å². The fraction of sp³-hybridized carbons (Fsp3) is 0.846. The fourth-order valence-corrected chi connectivity index (χ4v) is 1.58. The normalized spacial score (nSPS) is 13.3. The van der Waals surface area contributed by atoms with Crippen LogP contribution in [0.15, 0.2) is 0 Å². The van der Waals surface area contributed by atoms with Gasteiger partial charge in [-0.2, -0.15) is 0 Å². The summed E-state index contributed by atoms with van der Waals surface area (Å²) in [7, 11) is 0. The van der Waals surface area contributed by atoms with E-state index in [4.69, 9.17) is 0 Å². The summed E-state index contributed by atoms with van der Waals surface area (Å²) in [4.78, 5) is 22.9. The summed E-state index contributed by atoms with van der Waals surface area (Å²) in [6.45, 7) is 9.66. The summed E-state index contributed by atoms with van der Waals surface area (Å²) >= 11 is 0. The lowest BCUT2D eigenvalue weighted by atomic mass is 9.91. The maximum absolute atomic E-state index is 11.6. The first-order valence-corrected chi connectivity index (χ1v) is 5.92. The van der Waals surface area contributed by atoms with Crippen molar-refractivity contribution < 1.29 is 9.59 Å². The zero-order valence-corrected chi connectivity index (χ0v) is 10.7. The lowest BCUT2D eigenvalue weighted by molar-refractivity contribution is -0.126. The molecule has 0 bridgehead atoms. The summed E-state index contributed by atoms with van der Waals surface area (Å²) in [6.07, 6.45) is 2.31. The van der Waals surface area contributed by atoms with Crippen LogP contribution in [-0.4, -0.2) is 11.6 Å². The highest BCUT2D eigenvalue weighted by Gasteiger charge is 2.16. The molecule has 1 unspecified atom stereocenters. The third-order valence-electron chi connectivity index (χ3n) is 2.76. The molecule has 0 aromatic heterocycles. The van der Waals surface area contributed by atoms with Crippen LogP contribution in [0.2, 0.25) is 0 Å². The molecule has 0 aliphatic carbocycles. The molecule has 0 amide bonds. The van der Waals surface area contributed by atoms with Gasteiger partial charge in [0.25, 0.3) is 0 Å². The maximum Gasteiger partial charge on any atom is 0.138 e. The molecule has 2 heteroatoms. The van der Waals surface area contributed by atoms with Gasteiger partial charge in [0.1, 0.15) is 11.6 Å². The molecule has 0 saturated carbocycles. The van der Waals surface area contributed by atoms with Gasteiger partial charge in [-0.3, -0.25) is 9.59 Å². The van der Waals surface area contributed by atoms with E-state index in [0.717, 1.165) is 12.8 Å². The van der Waals surface area contributed by atoms with E-state index >= 15 is 0 Å². The van der Waals surface area contributed by atoms with Crippen molar-refractivity contribution in [2.24, 2.45) is 17.8 Å². The van der Waals surface area contributed by atoms with Crippen molar-refractivity contribution >= 4 is 11.6 Å². The molecule has 1 atom stereocenters. The molecule has 0 saturated heterocycles. The van der Waals surface area contributed by atoms with Gasteiger partial charge < -0.3 is 0 Å². The Balaban J connectivity index is 3.78. The summed E-state index contributed by atoms with van der Waals surface area (Å²) in [5.74, 6) is 0.957. The van der Waals surface area contributed by atoms with E-state index < -0.39 is 0 Å². The standard InChI is InChI=1S/C13H24O2/c1-9(2)12(14)8-6-7-11(5)13(15)10(3)4/h9-11H,6-8H2,1-5H3. The summed E-state index contributed by atoms with van der Waals surface area (Å²) in [5, 5.41) is 0. The highest BCUT2D eigenvalue weighted by Crippen LogP contribution is 2.15. The van der Waals surface area contributed by atoms with Crippen LogP contribution in [0.5, 0.6) is 0 Å². The second-order valence-electron chi connectivity index (χ2n) is 4.97. The lowest BCUT2D eigenvalue weighted by Gasteiger charge is -2.12. The molecule has 0 radical (unpaired) electrons. The molecule has 0 fully saturated rings. The number of rotatable bonds is 7. The summed E-state index contributed by atoms with van der Waals surface area (Å²) in [5.41, 5.74) is 0. The molecule has 0 N–H and O–H groups in total. The van der Waals surface area contributed by atoms with Crippen LogP contribution in [-0.2, 0) is 9.59 Å². The highest BCUT2D eigenvalue weighted by atomic mass is 16.1. The van der Waals surface area contributed by atoms with Crippen LogP contribution in [0.25, 0.3) is 0 Å². The van der Waals surface area contributed by atoms with Gasteiger partial charge in [-0.05, 0) is 12.8 Å². The zero-order valence-electron chi connectivity index (χ0n) is 10.7. The Morgan fingerprint density at radius 2 is 1.47 bits per heavy atom. The van der Waals surface area contributed by atoms with E-state index in [1.54, 1.807) is 0 Å². The molecule has 0 spiro atoms. The van der Waals surface area contributed by atoms with Crippen molar-refractivity contribution in [2.45, 2.75) is 53.9 Å². The molecule has 0 aromatic rings. The van der Waals surface area contributed by atoms with Gasteiger partial charge in [0.05, 0.1) is 0 Å². The van der Waals surface area contributed by atoms with E-state index in [2.05, 4.69) is 0 Å². The smallest absolute Gasteiger partial charge is 0.138 e. The Labute approximate surface area is 93.4 Å². The Bertz CT molecular complexity index is 217. The SMILES string of the molecule is CC(C)C(=O)CCCC(C)C(=O)C(C)C. The molecule has 0 aromatic carbocycles. The highest BCUT2D eigenvalue weighted by molar-refractivity contribution is 5.82. The molecular weight excluding hydrogens is 188 g/mol. The van der Waals surface area contributed by atoms with E-state index in [1.165, 1.54) is 0 Å². The van der Waals surface area contributed by atoms with Crippen LogP contribution in [0.1, 0.15) is 53.9 Å². The molecule has 88 valence electrons. The maximum atomic E-state index is 11.6. The molecule has 15 heavy (non-hydrogen) atoms. The molecule has 0 aliphatic heterocycles. The number of Topliss-reactive ketones (excluding diaryl/α,β-unsaturated/α-hetero) is 2. The number of hydrogen-bond acceptors (Lipinski definition) is 2. The van der Waals surface area contributed by atoms with Gasteiger partial charge in [-0.25, -0.2) is 0 Å². The van der Waals surface area contributed by atoms with E-state index in [1.807, 2.05) is 34.6 Å². The Hall–Kier alpha value is -0.660. The van der Waals surface area contributed by atoms with E-state index in [0.29, 0.717) is 18.0 Å². The Kier molecular flexibility index (Phi) is 6.46. The molecule has 0 rings (SSSR count). The van der Waals surface area contributed by atoms with Crippen molar-refractivity contribution in [1.82, 2.24) is 0 Å². The Morgan fingerprint density at radius 1 is 0.933 bits per heavy atom. The van der Waals surface area contributed by atoms with Crippen LogP contribution in [0, 0.1) is 17.8 Å². The molecule has 0 heterocycles. The van der Waals surface area contributed by atoms with Gasteiger partial charge in [0.15, 0.2) is 0 Å². The Morgan fingerprint density at radius 3 is 1.87 bits per heavy atom. The quantitative estimate of drug-likeness (QED) is 0.649. The number of carbonyl (C=O) groups is 2. The third kappa shape index (κ3) is 5.71. The topological polar surface area (TPSA) is 34.1 Å². The van der Waals surface area contributed by atoms with E-state index in [9.17, 15) is 9.59 Å². The predicted octanol–water partition coefficient (Wildman–Crippen LogP) is 3.24. The first-order valence-electron chi connectivity index (χ1n) is 5.92. The summed E-state index contributed by atoms with van der Waals surface area (Å²) in [6, 6.07) is 0. The lowest BCUT2D eigenvalue weighted by Crippen LogP contribution is -2.17. The van der Waals surface area contributed by atoms with Gasteiger partial charge in [0.2, 0.25) is 0 Å². The van der Waals surface area contributed by atoms with Crippen molar-refractivity contribution in [3.8, 4) is 0 Å². The van der Waals surface area contributed by atoms with Crippen LogP contribution >= 0.6 is 0 Å². The second kappa shape index (κ2) is 6.76. The van der Waals surface area contributed by atoms with E-state index in [-0.39, 0.29) is 17.8 Å². The average Bonchev–Trinajstić information content (AvgIpc) is 2.15. The molecular formula is C13H24O2. The predicted molar refractivity (Wildman–Crippen MR) is 62.7 cm³/mol. The van der Waals surface area contributed by atoms with Gasteiger partial charge in [-0.1, -0.05) is 34.6 Å².